The van der Waals surface area contributed by atoms with E-state index in [0.717, 1.165) is 26.7 Å². The van der Waals surface area contributed by atoms with E-state index in [0.29, 0.717) is 55.6 Å². The molecular weight excluding hydrogens is 526 g/mol. The van der Waals surface area contributed by atoms with Crippen LogP contribution in [-0.2, 0) is 24.2 Å². The summed E-state index contributed by atoms with van der Waals surface area (Å²) in [6, 6.07) is 17.7. The van der Waals surface area contributed by atoms with Crippen LogP contribution in [0, 0.1) is 0 Å². The molecule has 0 aromatic heterocycles. The monoisotopic (exact) mass is 553 g/mol. The molecule has 0 saturated heterocycles. The van der Waals surface area contributed by atoms with E-state index in [9.17, 15) is 4.79 Å². The predicted octanol–water partition coefficient (Wildman–Crippen LogP) is 6.06. The summed E-state index contributed by atoms with van der Waals surface area (Å²) in [5.41, 5.74) is 4.21. The molecule has 5 rings (SSSR count). The summed E-state index contributed by atoms with van der Waals surface area (Å²) in [5, 5.41) is 0. The van der Waals surface area contributed by atoms with E-state index in [1.165, 1.54) is 0 Å². The molecule has 2 heterocycles. The molecule has 0 aliphatic carbocycles. The second kappa shape index (κ2) is 10.7. The molecule has 1 atom stereocenters. The maximum atomic E-state index is 13.0. The average Bonchev–Trinajstić information content (AvgIpc) is 3.35. The summed E-state index contributed by atoms with van der Waals surface area (Å²) >= 11 is 3.68. The molecule has 0 radical (unpaired) electrons. The Morgan fingerprint density at radius 3 is 2.61 bits per heavy atom. The van der Waals surface area contributed by atoms with Crippen LogP contribution in [0.25, 0.3) is 0 Å². The highest BCUT2D eigenvalue weighted by Crippen LogP contribution is 2.43. The van der Waals surface area contributed by atoms with Crippen molar-refractivity contribution >= 4 is 22.0 Å². The third kappa shape index (κ3) is 4.95. The molecule has 0 fully saturated rings. The first-order chi connectivity index (χ1) is 17.6. The number of hydrogen-bond acceptors (Lipinski definition) is 6. The SMILES string of the molecule is CCOC(=O)N1CCc2cc(OC)c(OCc3ccccc3)cc2C1Cc1cc2c(cc1Br)OCO2. The van der Waals surface area contributed by atoms with E-state index in [1.807, 2.05) is 61.5 Å². The Bertz CT molecular complexity index is 1250. The van der Waals surface area contributed by atoms with Crippen molar-refractivity contribution in [1.82, 2.24) is 4.90 Å². The topological polar surface area (TPSA) is 66.5 Å². The van der Waals surface area contributed by atoms with Crippen molar-refractivity contribution in [2.24, 2.45) is 0 Å². The van der Waals surface area contributed by atoms with Gasteiger partial charge in [0.2, 0.25) is 6.79 Å². The van der Waals surface area contributed by atoms with Crippen molar-refractivity contribution in [2.75, 3.05) is 27.1 Å². The summed E-state index contributed by atoms with van der Waals surface area (Å²) < 4.78 is 29.3. The standard InChI is InChI=1S/C28H28BrNO6/c1-3-33-28(31)30-10-9-19-12-24(32-2)26(34-16-18-7-5-4-6-8-18)14-21(19)23(30)11-20-13-25-27(15-22(20)29)36-17-35-25/h4-8,12-15,23H,3,9-11,16-17H2,1-2H3. The van der Waals surface area contributed by atoms with Crippen LogP contribution in [0.5, 0.6) is 23.0 Å². The Kier molecular flexibility index (Phi) is 7.23. The number of halogens is 1. The lowest BCUT2D eigenvalue weighted by Crippen LogP contribution is -2.41. The number of rotatable bonds is 7. The summed E-state index contributed by atoms with van der Waals surface area (Å²) in [6.07, 6.45) is 0.933. The lowest BCUT2D eigenvalue weighted by Gasteiger charge is -2.37. The van der Waals surface area contributed by atoms with Crippen molar-refractivity contribution in [3.05, 3.63) is 81.3 Å². The van der Waals surface area contributed by atoms with Gasteiger partial charge in [-0.05, 0) is 66.3 Å². The number of benzene rings is 3. The summed E-state index contributed by atoms with van der Waals surface area (Å²) in [4.78, 5) is 14.8. The van der Waals surface area contributed by atoms with Crippen LogP contribution < -0.4 is 18.9 Å². The zero-order valence-corrected chi connectivity index (χ0v) is 21.9. The van der Waals surface area contributed by atoms with Gasteiger partial charge < -0.3 is 28.6 Å². The second-order valence-electron chi connectivity index (χ2n) is 8.64. The quantitative estimate of drug-likeness (QED) is 0.354. The van der Waals surface area contributed by atoms with Crippen LogP contribution in [-0.4, -0.2) is 38.0 Å². The van der Waals surface area contributed by atoms with Crippen molar-refractivity contribution in [1.29, 1.82) is 0 Å². The number of ether oxygens (including phenoxy) is 5. The van der Waals surface area contributed by atoms with E-state index in [4.69, 9.17) is 23.7 Å². The Morgan fingerprint density at radius 2 is 1.86 bits per heavy atom. The van der Waals surface area contributed by atoms with Gasteiger partial charge in [0.25, 0.3) is 0 Å². The molecule has 7 nitrogen and oxygen atoms in total. The number of fused-ring (bicyclic) bond motifs is 2. The molecule has 0 spiro atoms. The number of hydrogen-bond donors (Lipinski definition) is 0. The van der Waals surface area contributed by atoms with Crippen molar-refractivity contribution in [2.45, 2.75) is 32.4 Å². The van der Waals surface area contributed by atoms with Crippen LogP contribution in [0.3, 0.4) is 0 Å². The predicted molar refractivity (Wildman–Crippen MR) is 138 cm³/mol. The van der Waals surface area contributed by atoms with Crippen LogP contribution in [0.4, 0.5) is 4.79 Å². The van der Waals surface area contributed by atoms with Crippen LogP contribution in [0.15, 0.2) is 59.1 Å². The Hall–Kier alpha value is -3.39. The van der Waals surface area contributed by atoms with Gasteiger partial charge in [0.05, 0.1) is 19.8 Å². The molecular formula is C28H28BrNO6. The molecule has 1 unspecified atom stereocenters. The maximum absolute atomic E-state index is 13.0. The highest BCUT2D eigenvalue weighted by Gasteiger charge is 2.34. The smallest absolute Gasteiger partial charge is 0.410 e. The Balaban J connectivity index is 1.51. The third-order valence-corrected chi connectivity index (χ3v) is 7.22. The first-order valence-electron chi connectivity index (χ1n) is 12.0. The molecule has 0 saturated carbocycles. The summed E-state index contributed by atoms with van der Waals surface area (Å²) in [6.45, 7) is 3.30. The van der Waals surface area contributed by atoms with Crippen LogP contribution in [0.1, 0.15) is 35.2 Å². The minimum absolute atomic E-state index is 0.203. The molecule has 0 bridgehead atoms. The highest BCUT2D eigenvalue weighted by atomic mass is 79.9. The van der Waals surface area contributed by atoms with E-state index < -0.39 is 0 Å². The van der Waals surface area contributed by atoms with Gasteiger partial charge in [-0.15, -0.1) is 0 Å². The molecule has 3 aromatic carbocycles. The number of carbonyl (C=O) groups is 1. The van der Waals surface area contributed by atoms with Gasteiger partial charge in [0.1, 0.15) is 6.61 Å². The maximum Gasteiger partial charge on any atom is 0.410 e. The van der Waals surface area contributed by atoms with E-state index in [1.54, 1.807) is 12.0 Å². The molecule has 1 amide bonds. The lowest BCUT2D eigenvalue weighted by atomic mass is 9.88. The summed E-state index contributed by atoms with van der Waals surface area (Å²) in [5.74, 6) is 2.73. The number of carbonyl (C=O) groups excluding carboxylic acids is 1. The van der Waals surface area contributed by atoms with Gasteiger partial charge in [0.15, 0.2) is 23.0 Å². The van der Waals surface area contributed by atoms with Gasteiger partial charge in [-0.3, -0.25) is 0 Å². The van der Waals surface area contributed by atoms with E-state index in [-0.39, 0.29) is 18.9 Å². The van der Waals surface area contributed by atoms with Crippen molar-refractivity contribution in [3.63, 3.8) is 0 Å². The number of methoxy groups -OCH3 is 1. The largest absolute Gasteiger partial charge is 0.493 e. The molecule has 188 valence electrons. The fraction of sp³-hybridized carbons (Fsp3) is 0.321. The third-order valence-electron chi connectivity index (χ3n) is 6.48. The fourth-order valence-corrected chi connectivity index (χ4v) is 5.17. The molecule has 36 heavy (non-hydrogen) atoms. The normalized spacial score (nSPS) is 15.9. The molecule has 3 aromatic rings. The van der Waals surface area contributed by atoms with Gasteiger partial charge in [-0.2, -0.15) is 0 Å². The van der Waals surface area contributed by atoms with E-state index >= 15 is 0 Å². The second-order valence-corrected chi connectivity index (χ2v) is 9.49. The first-order valence-corrected chi connectivity index (χ1v) is 12.8. The number of amides is 1. The molecule has 8 heteroatoms. The van der Waals surface area contributed by atoms with Crippen molar-refractivity contribution in [3.8, 4) is 23.0 Å². The minimum atomic E-state index is -0.326. The zero-order chi connectivity index (χ0) is 25.1. The molecule has 0 N–H and O–H groups in total. The van der Waals surface area contributed by atoms with E-state index in [2.05, 4.69) is 15.9 Å². The van der Waals surface area contributed by atoms with Gasteiger partial charge in [-0.1, -0.05) is 46.3 Å². The lowest BCUT2D eigenvalue weighted by molar-refractivity contribution is 0.0862. The van der Waals surface area contributed by atoms with Crippen LogP contribution in [0.2, 0.25) is 0 Å². The number of nitrogens with zero attached hydrogens (tertiary/aromatic N) is 1. The van der Waals surface area contributed by atoms with Crippen molar-refractivity contribution < 1.29 is 28.5 Å². The van der Waals surface area contributed by atoms with Crippen LogP contribution >= 0.6 is 15.9 Å². The molecule has 2 aliphatic rings. The minimum Gasteiger partial charge on any atom is -0.493 e. The Labute approximate surface area is 219 Å². The van der Waals surface area contributed by atoms with Gasteiger partial charge in [0, 0.05) is 11.0 Å². The fourth-order valence-electron chi connectivity index (χ4n) is 4.69. The van der Waals surface area contributed by atoms with Gasteiger partial charge in [-0.25, -0.2) is 4.79 Å². The molecule has 2 aliphatic heterocycles. The Morgan fingerprint density at radius 1 is 1.08 bits per heavy atom. The van der Waals surface area contributed by atoms with Gasteiger partial charge >= 0.3 is 6.09 Å². The highest BCUT2D eigenvalue weighted by molar-refractivity contribution is 9.10. The zero-order valence-electron chi connectivity index (χ0n) is 20.3. The average molecular weight is 554 g/mol. The first kappa shape index (κ1) is 24.3. The summed E-state index contributed by atoms with van der Waals surface area (Å²) in [7, 11) is 1.64.